The largest absolute Gasteiger partial charge is 0.466 e. The van der Waals surface area contributed by atoms with Gasteiger partial charge in [0.15, 0.2) is 0 Å². The number of amides is 1. The Hall–Kier alpha value is -1.92. The minimum Gasteiger partial charge on any atom is -0.466 e. The van der Waals surface area contributed by atoms with Gasteiger partial charge in [-0.15, -0.1) is 0 Å². The highest BCUT2D eigenvalue weighted by Crippen LogP contribution is 2.18. The van der Waals surface area contributed by atoms with Crippen LogP contribution >= 0.6 is 0 Å². The topological polar surface area (TPSA) is 95.9 Å². The molecule has 0 aromatic heterocycles. The maximum Gasteiger partial charge on any atom is 0.305 e. The summed E-state index contributed by atoms with van der Waals surface area (Å²) >= 11 is 0. The van der Waals surface area contributed by atoms with Crippen LogP contribution in [0.3, 0.4) is 0 Å². The second-order valence-electron chi connectivity index (χ2n) is 23.5. The van der Waals surface area contributed by atoms with Crippen LogP contribution in [-0.2, 0) is 14.3 Å². The molecule has 0 rings (SSSR count). The zero-order chi connectivity index (χ0) is 55.0. The highest BCUT2D eigenvalue weighted by molar-refractivity contribution is 5.76. The minimum atomic E-state index is -0.660. The zero-order valence-corrected chi connectivity index (χ0v) is 51.3. The molecule has 0 aromatic carbocycles. The second kappa shape index (κ2) is 65.6. The van der Waals surface area contributed by atoms with Crippen molar-refractivity contribution in [3.05, 3.63) is 36.5 Å². The maximum absolute atomic E-state index is 12.4. The Morgan fingerprint density at radius 1 is 0.368 bits per heavy atom. The average Bonchev–Trinajstić information content (AvgIpc) is 3.42. The molecule has 76 heavy (non-hydrogen) atoms. The fourth-order valence-electron chi connectivity index (χ4n) is 10.7. The smallest absolute Gasteiger partial charge is 0.305 e. The summed E-state index contributed by atoms with van der Waals surface area (Å²) in [5.41, 5.74) is 0. The van der Waals surface area contributed by atoms with Gasteiger partial charge in [0.25, 0.3) is 0 Å². The Morgan fingerprint density at radius 3 is 1.01 bits per heavy atom. The molecule has 0 radical (unpaired) electrons. The Bertz CT molecular complexity index is 1230. The predicted octanol–water partition coefficient (Wildman–Crippen LogP) is 21.9. The summed E-state index contributed by atoms with van der Waals surface area (Å²) in [6.45, 7) is 4.94. The molecule has 0 aromatic rings. The first-order valence-electron chi connectivity index (χ1n) is 34.2. The molecule has 0 bridgehead atoms. The lowest BCUT2D eigenvalue weighted by molar-refractivity contribution is -0.143. The summed E-state index contributed by atoms with van der Waals surface area (Å²) in [6.07, 6.45) is 83.5. The molecule has 0 aliphatic heterocycles. The van der Waals surface area contributed by atoms with E-state index in [1.807, 2.05) is 0 Å². The third-order valence-electron chi connectivity index (χ3n) is 15.9. The third-order valence-corrected chi connectivity index (χ3v) is 15.9. The Morgan fingerprint density at radius 2 is 0.658 bits per heavy atom. The van der Waals surface area contributed by atoms with E-state index in [1.165, 1.54) is 289 Å². The van der Waals surface area contributed by atoms with Gasteiger partial charge in [-0.05, 0) is 83.5 Å². The molecular formula is C70H133NO5. The number of ether oxygens (including phenoxy) is 1. The summed E-state index contributed by atoms with van der Waals surface area (Å²) in [7, 11) is 0. The second-order valence-corrected chi connectivity index (χ2v) is 23.5. The van der Waals surface area contributed by atoms with Crippen LogP contribution in [0.2, 0.25) is 0 Å². The van der Waals surface area contributed by atoms with Crippen molar-refractivity contribution in [2.75, 3.05) is 13.2 Å². The van der Waals surface area contributed by atoms with E-state index in [-0.39, 0.29) is 18.5 Å². The van der Waals surface area contributed by atoms with Crippen molar-refractivity contribution in [3.8, 4) is 0 Å². The van der Waals surface area contributed by atoms with Gasteiger partial charge in [-0.1, -0.05) is 314 Å². The number of allylic oxidation sites excluding steroid dienone is 6. The van der Waals surface area contributed by atoms with Crippen LogP contribution < -0.4 is 5.32 Å². The van der Waals surface area contributed by atoms with Gasteiger partial charge >= 0.3 is 5.97 Å². The highest BCUT2D eigenvalue weighted by atomic mass is 16.5. The van der Waals surface area contributed by atoms with Crippen molar-refractivity contribution in [1.29, 1.82) is 0 Å². The number of aliphatic hydroxyl groups excluding tert-OH is 2. The average molecular weight is 1070 g/mol. The molecule has 0 aliphatic carbocycles. The molecule has 1 amide bonds. The standard InChI is InChI=1S/C70H133NO5/c1-3-5-7-9-11-13-14-15-16-34-38-41-44-48-52-56-60-64-70(75)76-65-61-57-53-49-45-42-39-36-33-31-29-27-25-23-21-19-17-18-20-22-24-26-28-30-32-35-37-40-43-47-51-55-59-63-69(74)71-67(66-72)68(73)62-58-54-50-46-12-10-8-6-4-2/h15-16,21,23,27,29,67-68,72-73H,3-14,17-20,22,24-26,28,30-66H2,1-2H3,(H,71,74)/b16-15-,23-21-,29-27-. The molecule has 0 aliphatic rings. The van der Waals surface area contributed by atoms with E-state index in [0.29, 0.717) is 25.9 Å². The van der Waals surface area contributed by atoms with Crippen molar-refractivity contribution < 1.29 is 24.5 Å². The first-order chi connectivity index (χ1) is 37.5. The van der Waals surface area contributed by atoms with E-state index < -0.39 is 12.1 Å². The number of hydrogen-bond donors (Lipinski definition) is 3. The van der Waals surface area contributed by atoms with Crippen molar-refractivity contribution >= 4 is 11.9 Å². The van der Waals surface area contributed by atoms with Gasteiger partial charge in [0, 0.05) is 12.8 Å². The van der Waals surface area contributed by atoms with Crippen molar-refractivity contribution in [2.45, 2.75) is 386 Å². The van der Waals surface area contributed by atoms with Gasteiger partial charge in [-0.3, -0.25) is 9.59 Å². The molecule has 0 heterocycles. The van der Waals surface area contributed by atoms with Crippen molar-refractivity contribution in [2.24, 2.45) is 0 Å². The number of unbranched alkanes of at least 4 members (excludes halogenated alkanes) is 47. The number of carbonyl (C=O) groups is 2. The van der Waals surface area contributed by atoms with Gasteiger partial charge in [0.1, 0.15) is 0 Å². The lowest BCUT2D eigenvalue weighted by atomic mass is 10.0. The van der Waals surface area contributed by atoms with E-state index in [9.17, 15) is 19.8 Å². The van der Waals surface area contributed by atoms with Crippen LogP contribution in [0.15, 0.2) is 36.5 Å². The SMILES string of the molecule is CCCCCCCC/C=C\CCCCCCCCCC(=O)OCCCCCCCCCCC/C=C\C/C=C\CCCCCCCCCCCCCCCCCCCC(=O)NC(CO)C(O)CCCCCCCCCCC. The lowest BCUT2D eigenvalue weighted by Gasteiger charge is -2.22. The number of nitrogens with one attached hydrogen (secondary N) is 1. The van der Waals surface area contributed by atoms with Crippen LogP contribution in [0.4, 0.5) is 0 Å². The lowest BCUT2D eigenvalue weighted by Crippen LogP contribution is -2.45. The molecule has 2 unspecified atom stereocenters. The first-order valence-corrected chi connectivity index (χ1v) is 34.2. The fourth-order valence-corrected chi connectivity index (χ4v) is 10.7. The highest BCUT2D eigenvalue weighted by Gasteiger charge is 2.20. The number of aliphatic hydroxyl groups is 2. The molecule has 0 spiro atoms. The van der Waals surface area contributed by atoms with Gasteiger partial charge in [-0.25, -0.2) is 0 Å². The molecule has 0 saturated carbocycles. The van der Waals surface area contributed by atoms with Gasteiger partial charge in [-0.2, -0.15) is 0 Å². The molecule has 0 saturated heterocycles. The summed E-state index contributed by atoms with van der Waals surface area (Å²) in [5, 5.41) is 23.1. The number of rotatable bonds is 64. The number of esters is 1. The van der Waals surface area contributed by atoms with Gasteiger partial charge in [0.2, 0.25) is 5.91 Å². The van der Waals surface area contributed by atoms with E-state index in [0.717, 1.165) is 51.4 Å². The molecule has 6 nitrogen and oxygen atoms in total. The molecule has 0 fully saturated rings. The molecule has 2 atom stereocenters. The summed E-state index contributed by atoms with van der Waals surface area (Å²) in [6, 6.07) is -0.538. The van der Waals surface area contributed by atoms with Crippen LogP contribution in [-0.4, -0.2) is 47.4 Å². The molecule has 6 heteroatoms. The van der Waals surface area contributed by atoms with Crippen LogP contribution in [0, 0.1) is 0 Å². The Labute approximate surface area is 474 Å². The third kappa shape index (κ3) is 61.3. The first kappa shape index (κ1) is 74.1. The number of carbonyl (C=O) groups excluding carboxylic acids is 2. The van der Waals surface area contributed by atoms with E-state index in [1.54, 1.807) is 0 Å². The van der Waals surface area contributed by atoms with Crippen molar-refractivity contribution in [3.63, 3.8) is 0 Å². The maximum atomic E-state index is 12.4. The van der Waals surface area contributed by atoms with Crippen LogP contribution in [0.25, 0.3) is 0 Å². The predicted molar refractivity (Wildman–Crippen MR) is 333 cm³/mol. The summed E-state index contributed by atoms with van der Waals surface area (Å²) < 4.78 is 5.50. The Balaban J connectivity index is 3.35. The van der Waals surface area contributed by atoms with Gasteiger partial charge in [0.05, 0.1) is 25.4 Å². The van der Waals surface area contributed by atoms with E-state index >= 15 is 0 Å². The molecular weight excluding hydrogens is 935 g/mol. The van der Waals surface area contributed by atoms with E-state index in [4.69, 9.17) is 4.74 Å². The minimum absolute atomic E-state index is 0.0110. The molecule has 448 valence electrons. The molecule has 3 N–H and O–H groups in total. The Kier molecular flexibility index (Phi) is 63.9. The summed E-state index contributed by atoms with van der Waals surface area (Å²) in [4.78, 5) is 24.5. The van der Waals surface area contributed by atoms with Gasteiger partial charge < -0.3 is 20.3 Å². The van der Waals surface area contributed by atoms with E-state index in [2.05, 4.69) is 55.6 Å². The monoisotopic (exact) mass is 1070 g/mol. The normalized spacial score (nSPS) is 12.7. The van der Waals surface area contributed by atoms with Crippen LogP contribution in [0.5, 0.6) is 0 Å². The zero-order valence-electron chi connectivity index (χ0n) is 51.3. The number of hydrogen-bond acceptors (Lipinski definition) is 5. The fraction of sp³-hybridized carbons (Fsp3) is 0.886. The summed E-state index contributed by atoms with van der Waals surface area (Å²) in [5.74, 6) is -0.0233. The van der Waals surface area contributed by atoms with Crippen LogP contribution in [0.1, 0.15) is 373 Å². The van der Waals surface area contributed by atoms with Crippen molar-refractivity contribution in [1.82, 2.24) is 5.32 Å². The quantitative estimate of drug-likeness (QED) is 0.0320.